The van der Waals surface area contributed by atoms with Crippen molar-refractivity contribution in [2.45, 2.75) is 25.4 Å². The Labute approximate surface area is 89.7 Å². The quantitative estimate of drug-likeness (QED) is 0.747. The Morgan fingerprint density at radius 3 is 3.07 bits per heavy atom. The molecule has 0 unspecified atom stereocenters. The molecule has 1 aromatic heterocycles. The summed E-state index contributed by atoms with van der Waals surface area (Å²) in [7, 11) is 1.83. The summed E-state index contributed by atoms with van der Waals surface area (Å²) in [5.74, 6) is 0.150. The molecule has 0 aromatic carbocycles. The minimum absolute atomic E-state index is 0.150. The van der Waals surface area contributed by atoms with Gasteiger partial charge in [-0.25, -0.2) is 0 Å². The summed E-state index contributed by atoms with van der Waals surface area (Å²) in [4.78, 5) is 16.5. The smallest absolute Gasteiger partial charge is 0.236 e. The summed E-state index contributed by atoms with van der Waals surface area (Å²) < 4.78 is 0. The second-order valence-electron chi connectivity index (χ2n) is 4.10. The number of amides is 1. The Hall–Kier alpha value is -1.29. The molecule has 2 rings (SSSR count). The van der Waals surface area contributed by atoms with Gasteiger partial charge in [0, 0.05) is 25.0 Å². The number of hydrogen-bond acceptors (Lipinski definition) is 2. The average molecular weight is 207 g/mol. The van der Waals surface area contributed by atoms with Crippen LogP contribution in [-0.4, -0.2) is 35.4 Å². The summed E-state index contributed by atoms with van der Waals surface area (Å²) in [6.07, 6.45) is 4.30. The summed E-state index contributed by atoms with van der Waals surface area (Å²) in [6, 6.07) is 4.52. The van der Waals surface area contributed by atoms with E-state index in [1.807, 2.05) is 25.4 Å². The molecule has 0 atom stereocenters. The van der Waals surface area contributed by atoms with Crippen molar-refractivity contribution < 1.29 is 4.79 Å². The third-order valence-corrected chi connectivity index (χ3v) is 2.61. The van der Waals surface area contributed by atoms with E-state index in [4.69, 9.17) is 0 Å². The molecule has 2 N–H and O–H groups in total. The van der Waals surface area contributed by atoms with Gasteiger partial charge in [0.15, 0.2) is 0 Å². The first-order valence-corrected chi connectivity index (χ1v) is 5.35. The third-order valence-electron chi connectivity index (χ3n) is 2.61. The number of likely N-dealkylation sites (N-methyl/N-ethyl adjacent to an activating group) is 1. The third kappa shape index (κ3) is 3.09. The first-order chi connectivity index (χ1) is 7.25. The van der Waals surface area contributed by atoms with Crippen LogP contribution in [0.2, 0.25) is 0 Å². The number of aromatic nitrogens is 1. The highest BCUT2D eigenvalue weighted by molar-refractivity contribution is 5.78. The highest BCUT2D eigenvalue weighted by atomic mass is 16.2. The topological polar surface area (TPSA) is 48.1 Å². The zero-order valence-corrected chi connectivity index (χ0v) is 8.99. The van der Waals surface area contributed by atoms with Crippen molar-refractivity contribution >= 4 is 5.91 Å². The van der Waals surface area contributed by atoms with Gasteiger partial charge in [0.1, 0.15) is 0 Å². The summed E-state index contributed by atoms with van der Waals surface area (Å²) in [6.45, 7) is 1.11. The van der Waals surface area contributed by atoms with Gasteiger partial charge in [-0.3, -0.25) is 4.79 Å². The van der Waals surface area contributed by atoms with Crippen LogP contribution in [0.15, 0.2) is 18.3 Å². The largest absolute Gasteiger partial charge is 0.364 e. The molecule has 0 bridgehead atoms. The first-order valence-electron chi connectivity index (χ1n) is 5.35. The summed E-state index contributed by atoms with van der Waals surface area (Å²) >= 11 is 0. The Kier molecular flexibility index (Phi) is 3.06. The van der Waals surface area contributed by atoms with Gasteiger partial charge in [-0.1, -0.05) is 0 Å². The summed E-state index contributed by atoms with van der Waals surface area (Å²) in [5, 5.41) is 3.22. The number of nitrogens with zero attached hydrogens (tertiary/aromatic N) is 1. The lowest BCUT2D eigenvalue weighted by Gasteiger charge is -2.16. The van der Waals surface area contributed by atoms with Gasteiger partial charge in [-0.2, -0.15) is 0 Å². The van der Waals surface area contributed by atoms with E-state index in [0.29, 0.717) is 19.1 Å². The Morgan fingerprint density at radius 1 is 1.67 bits per heavy atom. The van der Waals surface area contributed by atoms with Crippen LogP contribution in [0.25, 0.3) is 0 Å². The fourth-order valence-electron chi connectivity index (χ4n) is 1.46. The normalized spacial score (nSPS) is 15.3. The van der Waals surface area contributed by atoms with Gasteiger partial charge in [-0.05, 0) is 25.0 Å². The molecule has 1 saturated carbocycles. The molecule has 4 nitrogen and oxygen atoms in total. The molecule has 1 fully saturated rings. The van der Waals surface area contributed by atoms with Crippen molar-refractivity contribution in [2.24, 2.45) is 0 Å². The van der Waals surface area contributed by atoms with Crippen molar-refractivity contribution in [3.8, 4) is 0 Å². The highest BCUT2D eigenvalue weighted by Crippen LogP contribution is 2.18. The minimum atomic E-state index is 0.150. The molecule has 1 aliphatic rings. The Morgan fingerprint density at radius 2 is 2.47 bits per heavy atom. The molecular weight excluding hydrogens is 190 g/mol. The van der Waals surface area contributed by atoms with Crippen molar-refractivity contribution in [1.29, 1.82) is 0 Å². The van der Waals surface area contributed by atoms with Crippen molar-refractivity contribution in [2.75, 3.05) is 13.6 Å². The van der Waals surface area contributed by atoms with Crippen LogP contribution in [0.5, 0.6) is 0 Å². The van der Waals surface area contributed by atoms with Gasteiger partial charge in [0.2, 0.25) is 5.91 Å². The first kappa shape index (κ1) is 10.2. The lowest BCUT2D eigenvalue weighted by atomic mass is 10.4. The lowest BCUT2D eigenvalue weighted by molar-refractivity contribution is -0.129. The predicted molar refractivity (Wildman–Crippen MR) is 58.3 cm³/mol. The predicted octanol–water partition coefficient (Wildman–Crippen LogP) is 0.725. The molecular formula is C11H17N3O. The van der Waals surface area contributed by atoms with Crippen LogP contribution in [0.1, 0.15) is 18.5 Å². The van der Waals surface area contributed by atoms with Crippen molar-refractivity contribution in [3.05, 3.63) is 24.0 Å². The van der Waals surface area contributed by atoms with Gasteiger partial charge in [-0.15, -0.1) is 0 Å². The van der Waals surface area contributed by atoms with Crippen LogP contribution in [-0.2, 0) is 11.3 Å². The molecule has 0 spiro atoms. The van der Waals surface area contributed by atoms with Crippen LogP contribution in [0, 0.1) is 0 Å². The molecule has 0 aliphatic heterocycles. The van der Waals surface area contributed by atoms with E-state index in [1.165, 1.54) is 12.8 Å². The number of nitrogens with one attached hydrogen (secondary N) is 2. The molecule has 82 valence electrons. The molecule has 1 amide bonds. The molecule has 0 radical (unpaired) electrons. The molecule has 1 aromatic rings. The maximum Gasteiger partial charge on any atom is 0.236 e. The number of aromatic amines is 1. The van der Waals surface area contributed by atoms with E-state index in [1.54, 1.807) is 4.90 Å². The maximum absolute atomic E-state index is 11.7. The van der Waals surface area contributed by atoms with Crippen molar-refractivity contribution in [3.63, 3.8) is 0 Å². The van der Waals surface area contributed by atoms with Gasteiger partial charge in [0.05, 0.1) is 13.1 Å². The molecule has 1 aliphatic carbocycles. The van der Waals surface area contributed by atoms with E-state index in [2.05, 4.69) is 10.3 Å². The fraction of sp³-hybridized carbons (Fsp3) is 0.545. The number of H-pyrrole nitrogens is 1. The van der Waals surface area contributed by atoms with E-state index in [0.717, 1.165) is 5.69 Å². The summed E-state index contributed by atoms with van der Waals surface area (Å²) in [5.41, 5.74) is 1.07. The van der Waals surface area contributed by atoms with Gasteiger partial charge in [0.25, 0.3) is 0 Å². The van der Waals surface area contributed by atoms with Crippen LogP contribution < -0.4 is 5.32 Å². The molecule has 15 heavy (non-hydrogen) atoms. The van der Waals surface area contributed by atoms with Crippen molar-refractivity contribution in [1.82, 2.24) is 15.2 Å². The fourth-order valence-corrected chi connectivity index (χ4v) is 1.46. The van der Waals surface area contributed by atoms with Crippen LogP contribution in [0.3, 0.4) is 0 Å². The number of rotatable bonds is 5. The minimum Gasteiger partial charge on any atom is -0.364 e. The molecule has 1 heterocycles. The molecule has 0 saturated heterocycles. The highest BCUT2D eigenvalue weighted by Gasteiger charge is 2.21. The zero-order chi connectivity index (χ0) is 10.7. The van der Waals surface area contributed by atoms with Gasteiger partial charge < -0.3 is 15.2 Å². The second-order valence-corrected chi connectivity index (χ2v) is 4.10. The molecule has 4 heteroatoms. The lowest BCUT2D eigenvalue weighted by Crippen LogP contribution is -2.36. The Bertz CT molecular complexity index is 317. The van der Waals surface area contributed by atoms with Crippen LogP contribution >= 0.6 is 0 Å². The maximum atomic E-state index is 11.7. The monoisotopic (exact) mass is 207 g/mol. The van der Waals surface area contributed by atoms with Crippen LogP contribution in [0.4, 0.5) is 0 Å². The zero-order valence-electron chi connectivity index (χ0n) is 8.99. The average Bonchev–Trinajstić information content (AvgIpc) is 2.92. The van der Waals surface area contributed by atoms with E-state index >= 15 is 0 Å². The van der Waals surface area contributed by atoms with E-state index < -0.39 is 0 Å². The SMILES string of the molecule is CN(Cc1ccc[nH]1)C(=O)CNC1CC1. The number of hydrogen-bond donors (Lipinski definition) is 2. The Balaban J connectivity index is 1.73. The number of carbonyl (C=O) groups is 1. The number of carbonyl (C=O) groups excluding carboxylic acids is 1. The van der Waals surface area contributed by atoms with Gasteiger partial charge >= 0.3 is 0 Å². The standard InChI is InChI=1S/C11H17N3O/c1-14(8-10-3-2-6-12-10)11(15)7-13-9-4-5-9/h2-3,6,9,12-13H,4-5,7-8H2,1H3. The van der Waals surface area contributed by atoms with E-state index in [-0.39, 0.29) is 5.91 Å². The second kappa shape index (κ2) is 4.49. The van der Waals surface area contributed by atoms with E-state index in [9.17, 15) is 4.79 Å².